The first-order chi connectivity index (χ1) is 15.7. The van der Waals surface area contributed by atoms with E-state index in [1.165, 1.54) is 6.92 Å². The molecule has 0 amide bonds. The van der Waals surface area contributed by atoms with E-state index in [0.29, 0.717) is 25.7 Å². The largest absolute Gasteiger partial charge is 0.463 e. The topological polar surface area (TPSA) is 130 Å². The minimum atomic E-state index is -1.04. The summed E-state index contributed by atoms with van der Waals surface area (Å²) >= 11 is 0. The van der Waals surface area contributed by atoms with Gasteiger partial charge in [-0.3, -0.25) is 14.4 Å². The Hall–Kier alpha value is -2.03. The maximum Gasteiger partial charge on any atom is 0.305 e. The van der Waals surface area contributed by atoms with Gasteiger partial charge in [0.25, 0.3) is 0 Å². The molecule has 8 nitrogen and oxygen atoms in total. The van der Waals surface area contributed by atoms with E-state index in [2.05, 4.69) is 11.7 Å². The van der Waals surface area contributed by atoms with Gasteiger partial charge in [0.15, 0.2) is 0 Å². The van der Waals surface area contributed by atoms with Gasteiger partial charge in [-0.15, -0.1) is 0 Å². The number of carbonyl (C=O) groups excluding carboxylic acids is 3. The first-order valence-corrected chi connectivity index (χ1v) is 11.9. The Morgan fingerprint density at radius 3 is 2.55 bits per heavy atom. The van der Waals surface area contributed by atoms with Crippen molar-refractivity contribution >= 4 is 17.7 Å². The van der Waals surface area contributed by atoms with E-state index >= 15 is 0 Å². The first kappa shape index (κ1) is 29.0. The summed E-state index contributed by atoms with van der Waals surface area (Å²) in [6.07, 6.45) is 10.8. The van der Waals surface area contributed by atoms with E-state index in [4.69, 9.17) is 4.74 Å². The third-order valence-corrected chi connectivity index (χ3v) is 5.62. The average molecular weight is 469 g/mol. The van der Waals surface area contributed by atoms with Gasteiger partial charge < -0.3 is 24.8 Å². The molecule has 0 spiro atoms. The van der Waals surface area contributed by atoms with Crippen molar-refractivity contribution in [3.63, 3.8) is 0 Å². The average Bonchev–Trinajstić information content (AvgIpc) is 3.03. The zero-order valence-electron chi connectivity index (χ0n) is 19.9. The predicted octanol–water partition coefficient (Wildman–Crippen LogP) is 2.63. The van der Waals surface area contributed by atoms with Gasteiger partial charge in [0.05, 0.1) is 12.2 Å². The SMILES string of the molecule is CCCCC[C@H](O)/C=C/[C@H]1[C@H](O)CC(=O)[C@@H]1C/C=C\CCCC(=O)OC[C@@H](O)COC(C)=O. The van der Waals surface area contributed by atoms with Crippen LogP contribution in [0.3, 0.4) is 0 Å². The van der Waals surface area contributed by atoms with Crippen LogP contribution < -0.4 is 0 Å². The van der Waals surface area contributed by atoms with E-state index < -0.39 is 30.3 Å². The van der Waals surface area contributed by atoms with Crippen LogP contribution in [0, 0.1) is 11.8 Å². The fourth-order valence-electron chi connectivity index (χ4n) is 3.73. The van der Waals surface area contributed by atoms with E-state index in [1.807, 2.05) is 12.2 Å². The van der Waals surface area contributed by atoms with Crippen molar-refractivity contribution in [1.82, 2.24) is 0 Å². The maximum absolute atomic E-state index is 12.3. The second kappa shape index (κ2) is 16.6. The molecule has 1 fully saturated rings. The van der Waals surface area contributed by atoms with Gasteiger partial charge in [-0.25, -0.2) is 0 Å². The first-order valence-electron chi connectivity index (χ1n) is 11.9. The second-order valence-corrected chi connectivity index (χ2v) is 8.61. The minimum Gasteiger partial charge on any atom is -0.463 e. The number of carbonyl (C=O) groups is 3. The Bertz CT molecular complexity index is 657. The van der Waals surface area contributed by atoms with Crippen molar-refractivity contribution in [2.45, 2.75) is 89.9 Å². The normalized spacial score (nSPS) is 22.7. The van der Waals surface area contributed by atoms with Gasteiger partial charge in [-0.2, -0.15) is 0 Å². The number of aliphatic hydroxyl groups excluding tert-OH is 3. The molecule has 188 valence electrons. The summed E-state index contributed by atoms with van der Waals surface area (Å²) in [6, 6.07) is 0. The fraction of sp³-hybridized carbons (Fsp3) is 0.720. The van der Waals surface area contributed by atoms with Crippen molar-refractivity contribution in [2.24, 2.45) is 11.8 Å². The summed E-state index contributed by atoms with van der Waals surface area (Å²) in [5.74, 6) is -1.53. The second-order valence-electron chi connectivity index (χ2n) is 8.61. The third kappa shape index (κ3) is 12.7. The Morgan fingerprint density at radius 2 is 1.85 bits per heavy atom. The van der Waals surface area contributed by atoms with E-state index in [0.717, 1.165) is 19.3 Å². The fourth-order valence-corrected chi connectivity index (χ4v) is 3.73. The van der Waals surface area contributed by atoms with Gasteiger partial charge in [0.2, 0.25) is 0 Å². The maximum atomic E-state index is 12.3. The van der Waals surface area contributed by atoms with Gasteiger partial charge in [-0.1, -0.05) is 50.5 Å². The zero-order valence-corrected chi connectivity index (χ0v) is 19.9. The van der Waals surface area contributed by atoms with Crippen LogP contribution in [0.5, 0.6) is 0 Å². The molecule has 0 aromatic heterocycles. The highest BCUT2D eigenvalue weighted by Crippen LogP contribution is 2.33. The number of hydrogen-bond donors (Lipinski definition) is 3. The summed E-state index contributed by atoms with van der Waals surface area (Å²) in [6.45, 7) is 2.90. The molecule has 3 N–H and O–H groups in total. The van der Waals surface area contributed by atoms with E-state index in [1.54, 1.807) is 12.2 Å². The van der Waals surface area contributed by atoms with Gasteiger partial charge in [0, 0.05) is 31.6 Å². The molecule has 1 aliphatic rings. The van der Waals surface area contributed by atoms with Crippen molar-refractivity contribution < 1.29 is 39.2 Å². The minimum absolute atomic E-state index is 0.0261. The number of rotatable bonds is 16. The molecular weight excluding hydrogens is 428 g/mol. The van der Waals surface area contributed by atoms with Crippen molar-refractivity contribution in [2.75, 3.05) is 13.2 Å². The molecule has 0 radical (unpaired) electrons. The number of hydrogen-bond acceptors (Lipinski definition) is 8. The summed E-state index contributed by atoms with van der Waals surface area (Å²) < 4.78 is 9.56. The van der Waals surface area contributed by atoms with E-state index in [9.17, 15) is 29.7 Å². The summed E-state index contributed by atoms with van der Waals surface area (Å²) in [7, 11) is 0. The molecule has 0 saturated heterocycles. The number of aliphatic hydroxyl groups is 3. The van der Waals surface area contributed by atoms with Gasteiger partial charge >= 0.3 is 11.9 Å². The lowest BCUT2D eigenvalue weighted by Crippen LogP contribution is -2.24. The third-order valence-electron chi connectivity index (χ3n) is 5.62. The van der Waals surface area contributed by atoms with Crippen molar-refractivity contribution in [3.8, 4) is 0 Å². The molecule has 1 rings (SSSR count). The lowest BCUT2D eigenvalue weighted by Gasteiger charge is -2.16. The Labute approximate surface area is 196 Å². The lowest BCUT2D eigenvalue weighted by molar-refractivity contribution is -0.151. The monoisotopic (exact) mass is 468 g/mol. The molecule has 0 unspecified atom stereocenters. The molecular formula is C25H40O8. The number of esters is 2. The van der Waals surface area contributed by atoms with Crippen LogP contribution in [-0.2, 0) is 23.9 Å². The van der Waals surface area contributed by atoms with Crippen LogP contribution in [0.1, 0.15) is 71.6 Å². The number of unbranched alkanes of at least 4 members (excludes halogenated alkanes) is 3. The molecule has 5 atom stereocenters. The molecule has 0 aliphatic heterocycles. The molecule has 1 saturated carbocycles. The summed E-state index contributed by atoms with van der Waals surface area (Å²) in [4.78, 5) is 34.6. The Morgan fingerprint density at radius 1 is 1.12 bits per heavy atom. The van der Waals surface area contributed by atoms with Crippen LogP contribution >= 0.6 is 0 Å². The smallest absolute Gasteiger partial charge is 0.305 e. The molecule has 33 heavy (non-hydrogen) atoms. The zero-order chi connectivity index (χ0) is 24.6. The molecule has 0 aromatic carbocycles. The number of ether oxygens (including phenoxy) is 2. The van der Waals surface area contributed by atoms with E-state index in [-0.39, 0.29) is 43.7 Å². The summed E-state index contributed by atoms with van der Waals surface area (Å²) in [5, 5.41) is 29.8. The van der Waals surface area contributed by atoms with Crippen LogP contribution in [0.25, 0.3) is 0 Å². The number of ketones is 1. The standard InChI is InChI=1S/C25H40O8/c1-3-4-7-10-19(27)13-14-22-21(23(29)15-24(22)30)11-8-5-6-9-12-25(31)33-17-20(28)16-32-18(2)26/h5,8,13-14,19-22,24,27-28,30H,3-4,6-7,9-12,15-17H2,1-2H3/b8-5-,14-13+/t19-,20-,21+,22+,24+/m0/s1. The van der Waals surface area contributed by atoms with Gasteiger partial charge in [0.1, 0.15) is 25.1 Å². The Kier molecular flexibility index (Phi) is 14.6. The lowest BCUT2D eigenvalue weighted by atomic mass is 9.90. The quantitative estimate of drug-likeness (QED) is 0.179. The van der Waals surface area contributed by atoms with Crippen molar-refractivity contribution in [3.05, 3.63) is 24.3 Å². The van der Waals surface area contributed by atoms with Crippen LogP contribution in [-0.4, -0.2) is 64.6 Å². The summed E-state index contributed by atoms with van der Waals surface area (Å²) in [5.41, 5.74) is 0. The highest BCUT2D eigenvalue weighted by molar-refractivity contribution is 5.84. The highest BCUT2D eigenvalue weighted by atomic mass is 16.6. The van der Waals surface area contributed by atoms with Crippen LogP contribution in [0.15, 0.2) is 24.3 Å². The van der Waals surface area contributed by atoms with Crippen LogP contribution in [0.4, 0.5) is 0 Å². The van der Waals surface area contributed by atoms with Crippen LogP contribution in [0.2, 0.25) is 0 Å². The number of Topliss-reactive ketones (excluding diaryl/α,β-unsaturated/α-hetero) is 1. The molecule has 0 aromatic rings. The molecule has 0 bridgehead atoms. The highest BCUT2D eigenvalue weighted by Gasteiger charge is 2.39. The Balaban J connectivity index is 2.32. The molecule has 1 aliphatic carbocycles. The number of allylic oxidation sites excluding steroid dienone is 2. The predicted molar refractivity (Wildman–Crippen MR) is 123 cm³/mol. The molecule has 8 heteroatoms. The molecule has 0 heterocycles. The van der Waals surface area contributed by atoms with Gasteiger partial charge in [-0.05, 0) is 25.7 Å². The van der Waals surface area contributed by atoms with Crippen molar-refractivity contribution in [1.29, 1.82) is 0 Å².